The molecular weight excluding hydrogens is 1940 g/mol. The van der Waals surface area contributed by atoms with Gasteiger partial charge in [0.05, 0.1) is 28.4 Å². The van der Waals surface area contributed by atoms with Crippen molar-refractivity contribution in [1.29, 1.82) is 0 Å². The summed E-state index contributed by atoms with van der Waals surface area (Å²) < 4.78 is 187. The van der Waals surface area contributed by atoms with Crippen LogP contribution in [0.25, 0.3) is 10.8 Å². The molecule has 0 amide bonds. The second kappa shape index (κ2) is 42.0. The molecule has 726 valence electrons. The zero-order valence-electron chi connectivity index (χ0n) is 71.9. The van der Waals surface area contributed by atoms with Gasteiger partial charge in [-0.1, -0.05) is 96.1 Å². The first-order valence-corrected chi connectivity index (χ1v) is 54.1. The molecular formula is C83H94N4O40P8. The Morgan fingerprint density at radius 1 is 0.348 bits per heavy atom. The lowest BCUT2D eigenvalue weighted by molar-refractivity contribution is -0.0599. The number of rotatable bonds is 20. The molecule has 7 fully saturated rings. The third-order valence-corrected chi connectivity index (χ3v) is 40.3. The second-order valence-corrected chi connectivity index (χ2v) is 49.5. The first kappa shape index (κ1) is 103. The average Bonchev–Trinajstić information content (AvgIpc) is 0.912. The Bertz CT molecular complexity index is 6120. The molecule has 3 saturated carbocycles. The highest BCUT2D eigenvalue weighted by molar-refractivity contribution is 7.75. The first-order valence-electron chi connectivity index (χ1n) is 41.5. The molecule has 135 heavy (non-hydrogen) atoms. The van der Waals surface area contributed by atoms with Gasteiger partial charge < -0.3 is 97.5 Å². The number of hydrogen-bond acceptors (Lipinski definition) is 36. The van der Waals surface area contributed by atoms with Gasteiger partial charge in [-0.2, -0.15) is 0 Å². The predicted octanol–water partition coefficient (Wildman–Crippen LogP) is 16.2. The highest BCUT2D eigenvalue weighted by Crippen LogP contribution is 2.83. The average molecular weight is 2040 g/mol. The van der Waals surface area contributed by atoms with Crippen molar-refractivity contribution >= 4 is 96.2 Å². The molecule has 4 aliphatic heterocycles. The molecule has 5 aromatic carbocycles. The number of fused-ring (bicyclic) bond motifs is 1. The summed E-state index contributed by atoms with van der Waals surface area (Å²) in [5, 5.41) is 31.9. The van der Waals surface area contributed by atoms with Gasteiger partial charge in [0, 0.05) is 75.3 Å². The minimum Gasteiger partial charge on any atom is -0.431 e. The molecule has 0 radical (unpaired) electrons. The summed E-state index contributed by atoms with van der Waals surface area (Å²) in [7, 11) is -41.6. The lowest BCUT2D eigenvalue weighted by atomic mass is 9.96. The Hall–Kier alpha value is -8.92. The van der Waals surface area contributed by atoms with Crippen molar-refractivity contribution in [3.63, 3.8) is 0 Å². The summed E-state index contributed by atoms with van der Waals surface area (Å²) in [5.74, 6) is -0.621. The summed E-state index contributed by atoms with van der Waals surface area (Å²) in [4.78, 5) is 149. The minimum atomic E-state index is -5.25. The van der Waals surface area contributed by atoms with Gasteiger partial charge in [-0.25, -0.2) is 19.2 Å². The molecule has 4 aromatic heterocycles. The van der Waals surface area contributed by atoms with Crippen LogP contribution >= 0.6 is 60.8 Å². The van der Waals surface area contributed by atoms with Crippen LogP contribution in [0.3, 0.4) is 0 Å². The lowest BCUT2D eigenvalue weighted by Gasteiger charge is -2.41. The van der Waals surface area contributed by atoms with E-state index in [1.807, 2.05) is 0 Å². The number of carbonyl (C=O) groups is 4. The van der Waals surface area contributed by atoms with Crippen molar-refractivity contribution < 1.29 is 189 Å². The van der Waals surface area contributed by atoms with Gasteiger partial charge in [-0.15, -0.1) is 0 Å². The van der Waals surface area contributed by atoms with Gasteiger partial charge in [0.15, 0.2) is 0 Å². The fourth-order valence-corrected chi connectivity index (χ4v) is 28.8. The number of carbonyl (C=O) groups excluding carboxylic acids is 4. The Morgan fingerprint density at radius 3 is 0.956 bits per heavy atom. The van der Waals surface area contributed by atoms with E-state index in [-0.39, 0.29) is 85.8 Å². The van der Waals surface area contributed by atoms with Gasteiger partial charge in [0.1, 0.15) is 41.3 Å². The number of aliphatic hydroxyl groups is 4. The third-order valence-electron chi connectivity index (χ3n) is 21.9. The number of benzene rings is 5. The summed E-state index contributed by atoms with van der Waals surface area (Å²) in [6, 6.07) is 35.9. The summed E-state index contributed by atoms with van der Waals surface area (Å²) in [6.45, 7) is 6.59. The maximum Gasteiger partial charge on any atom is 0.514 e. The van der Waals surface area contributed by atoms with Crippen molar-refractivity contribution in [3.05, 3.63) is 251 Å². The van der Waals surface area contributed by atoms with Crippen LogP contribution in [0.15, 0.2) is 195 Å². The molecule has 0 bridgehead atoms. The van der Waals surface area contributed by atoms with Crippen LogP contribution in [0.2, 0.25) is 0 Å². The molecule has 16 rings (SSSR count). The van der Waals surface area contributed by atoms with E-state index in [4.69, 9.17) is 74.1 Å². The van der Waals surface area contributed by atoms with Gasteiger partial charge in [-0.05, 0) is 192 Å². The first-order chi connectivity index (χ1) is 63.6. The smallest absolute Gasteiger partial charge is 0.431 e. The molecule has 8 atom stereocenters. The van der Waals surface area contributed by atoms with E-state index in [9.17, 15) is 115 Å². The Balaban J connectivity index is 0.000000152. The Labute approximate surface area is 769 Å². The van der Waals surface area contributed by atoms with Crippen LogP contribution in [-0.2, 0) is 117 Å². The fourth-order valence-electron chi connectivity index (χ4n) is 14.6. The van der Waals surface area contributed by atoms with Crippen LogP contribution in [0, 0.1) is 13.8 Å². The van der Waals surface area contributed by atoms with Crippen molar-refractivity contribution in [2.75, 3.05) is 0 Å². The number of hydrogen-bond donors (Lipinski definition) is 12. The Morgan fingerprint density at radius 2 is 0.637 bits per heavy atom. The van der Waals surface area contributed by atoms with E-state index in [1.165, 1.54) is 153 Å². The van der Waals surface area contributed by atoms with E-state index < -0.39 is 163 Å². The number of aromatic nitrogens is 4. The van der Waals surface area contributed by atoms with Gasteiger partial charge in [0.2, 0.25) is 25.2 Å². The molecule has 7 aliphatic rings. The summed E-state index contributed by atoms with van der Waals surface area (Å²) in [5.41, 5.74) is 1.71. The second-order valence-electron chi connectivity index (χ2n) is 32.2. The third kappa shape index (κ3) is 23.5. The van der Waals surface area contributed by atoms with Crippen molar-refractivity contribution in [3.8, 4) is 23.0 Å². The SMILES string of the molecule is CC(C)OC(=O)Oc1ccc2ccccc2c1C1OP(=O)(O)C(O)(Cc2cccnc2)P(=O)(O)O1.Cc1ccc(OC(=O)OC2CCC2)c(C2OP(=O)(O)C(O)(Cc3cccnc3)P(=O)(O)O2)c1.Cc1ccc(OC(=O)OC2CCCC2)c(C2OP(=O)(O)C(O)(Cc3cccnc3)P(=O)(O)O2)c1.O=C(Oc1ccccc1C1OP(=O)(O)C(O)(Cc2cccnc2)P(=O)(O)O1)OC1CCCC1. The van der Waals surface area contributed by atoms with Crippen LogP contribution in [0.4, 0.5) is 19.2 Å². The minimum absolute atomic E-state index is 0.0876. The monoisotopic (exact) mass is 2030 g/mol. The molecule has 9 aromatic rings. The lowest BCUT2D eigenvalue weighted by Crippen LogP contribution is -2.38. The molecule has 8 unspecified atom stereocenters. The van der Waals surface area contributed by atoms with Crippen LogP contribution in [-0.4, -0.2) is 149 Å². The number of para-hydroxylation sites is 1. The van der Waals surface area contributed by atoms with Gasteiger partial charge in [-0.3, -0.25) is 92.6 Å². The number of nitrogens with zero attached hydrogens (tertiary/aromatic N) is 4. The summed E-state index contributed by atoms with van der Waals surface area (Å²) in [6.07, 6.45) is 4.08. The normalized spacial score (nSPS) is 31.2. The number of pyridine rings is 4. The van der Waals surface area contributed by atoms with E-state index in [0.717, 1.165) is 70.6 Å². The van der Waals surface area contributed by atoms with Crippen LogP contribution < -0.4 is 18.9 Å². The van der Waals surface area contributed by atoms with Gasteiger partial charge >= 0.3 is 85.4 Å². The standard InChI is InChI=1S/C22H23NO10P2.C21H25NO10P2.2C20H23NO10P2/c1-14(2)30-21(24)31-18-10-9-16-7-3-4-8-17(16)19(18)20-32-34(26,27)22(25,35(28,29)33-20)12-15-6-5-11-23-13-15;1-14-8-9-18(30-20(23)29-16-6-2-3-7-16)17(11-14)19-31-33(25,26)21(24,34(27,28)32-19)12-15-5-4-10-22-13-15;1-13-7-8-17(29-19(22)28-15-5-2-6-15)16(10-13)18-30-32(24,25)20(23,33(26,27)31-18)11-14-4-3-9-21-12-14;22-19(28-15-7-1-2-8-15)29-17-10-4-3-9-16(17)18-30-32(24,25)20(23,33(26,27)31-18)12-14-6-5-11-21-13-14/h3-11,13-14,20,25H,12H2,1-2H3,(H,26,27)(H,28,29);4-5,8-11,13,16,19,24H,2-3,6-7,12H2,1H3,(H,25,26)(H,27,28);3-4,7-10,12,15,18,23H,2,5-6,11H2,1H3,(H,24,25)(H,26,27);3-6,9-11,13,15,18,23H,1-2,7-8,12H2,(H,24,25)(H,26,27). The van der Waals surface area contributed by atoms with Gasteiger partial charge in [0.25, 0.3) is 20.3 Å². The topological polar surface area (TPSA) is 647 Å². The number of ether oxygens (including phenoxy) is 8. The molecule has 44 nitrogen and oxygen atoms in total. The van der Waals surface area contributed by atoms with E-state index in [0.29, 0.717) is 21.9 Å². The molecule has 0 spiro atoms. The van der Waals surface area contributed by atoms with E-state index in [2.05, 4.69) is 19.9 Å². The summed E-state index contributed by atoms with van der Waals surface area (Å²) >= 11 is 0. The van der Waals surface area contributed by atoms with Crippen LogP contribution in [0.1, 0.15) is 165 Å². The van der Waals surface area contributed by atoms with E-state index in [1.54, 1.807) is 70.2 Å². The molecule has 4 saturated heterocycles. The van der Waals surface area contributed by atoms with Crippen molar-refractivity contribution in [2.24, 2.45) is 0 Å². The highest BCUT2D eigenvalue weighted by Gasteiger charge is 2.71. The maximum absolute atomic E-state index is 13.2. The van der Waals surface area contributed by atoms with Crippen LogP contribution in [0.5, 0.6) is 23.0 Å². The zero-order chi connectivity index (χ0) is 97.5. The molecule has 12 N–H and O–H groups in total. The zero-order valence-corrected chi connectivity index (χ0v) is 79.0. The molecule has 3 aliphatic carbocycles. The molecule has 52 heteroatoms. The predicted molar refractivity (Wildman–Crippen MR) is 468 cm³/mol. The molecule has 8 heterocycles. The number of aryl methyl sites for hydroxylation is 2. The van der Waals surface area contributed by atoms with Crippen molar-refractivity contribution in [1.82, 2.24) is 19.9 Å². The fraction of sp³-hybridized carbons (Fsp3) is 0.373. The largest absolute Gasteiger partial charge is 0.514 e. The Kier molecular flexibility index (Phi) is 32.2. The maximum atomic E-state index is 13.2. The van der Waals surface area contributed by atoms with E-state index >= 15 is 0 Å². The van der Waals surface area contributed by atoms with Crippen molar-refractivity contribution in [2.45, 2.75) is 194 Å². The quantitative estimate of drug-likeness (QED) is 0.0146. The highest BCUT2D eigenvalue weighted by atomic mass is 31.3.